The smallest absolute Gasteiger partial charge is 0.405 e. The van der Waals surface area contributed by atoms with Gasteiger partial charge < -0.3 is 10.4 Å². The first-order valence-electron chi connectivity index (χ1n) is 8.53. The normalized spacial score (nSPS) is 15.6. The van der Waals surface area contributed by atoms with Crippen LogP contribution in [0.25, 0.3) is 10.9 Å². The highest BCUT2D eigenvalue weighted by Crippen LogP contribution is 2.40. The first-order valence-corrected chi connectivity index (χ1v) is 11.0. The Balaban J connectivity index is 2.12. The third-order valence-electron chi connectivity index (χ3n) is 4.51. The van der Waals surface area contributed by atoms with E-state index in [0.29, 0.717) is 11.3 Å². The molecule has 2 aromatic rings. The first kappa shape index (κ1) is 19.6. The monoisotopic (exact) mass is 413 g/mol. The highest BCUT2D eigenvalue weighted by molar-refractivity contribution is 7.90. The number of fused-ring (bicyclic) bond motifs is 1. The molecule has 1 heterocycles. The fraction of sp³-hybridized carbons (Fsp3) is 0.471. The molecule has 1 aromatic heterocycles. The molecule has 1 aliphatic carbocycles. The molecule has 0 spiro atoms. The van der Waals surface area contributed by atoms with E-state index in [0.717, 1.165) is 19.1 Å². The molecule has 0 bridgehead atoms. The number of carbonyl (C=O) groups is 1. The van der Waals surface area contributed by atoms with E-state index in [-0.39, 0.29) is 35.0 Å². The second-order valence-electron chi connectivity index (χ2n) is 6.81. The summed E-state index contributed by atoms with van der Waals surface area (Å²) in [7, 11) is -3.19. The van der Waals surface area contributed by atoms with Crippen LogP contribution < -0.4 is 10.9 Å². The van der Waals surface area contributed by atoms with Gasteiger partial charge in [0.2, 0.25) is 0 Å². The zero-order valence-corrected chi connectivity index (χ0v) is 16.3. The molecule has 1 aromatic carbocycles. The number of amides is 1. The molecule has 3 rings (SSSR count). The number of halogens is 1. The van der Waals surface area contributed by atoms with Gasteiger partial charge in [0, 0.05) is 12.8 Å². The molecule has 1 amide bonds. The average molecular weight is 414 g/mol. The summed E-state index contributed by atoms with van der Waals surface area (Å²) in [5.74, 6) is 0.277. The van der Waals surface area contributed by atoms with E-state index in [1.54, 1.807) is 18.2 Å². The maximum absolute atomic E-state index is 13.1. The quantitative estimate of drug-likeness (QED) is 0.718. The van der Waals surface area contributed by atoms with Crippen LogP contribution in [0.2, 0.25) is 5.02 Å². The Labute approximate surface area is 161 Å². The molecule has 2 N–H and O–H groups in total. The van der Waals surface area contributed by atoms with Crippen LogP contribution in [0.4, 0.5) is 4.79 Å². The van der Waals surface area contributed by atoms with Crippen molar-refractivity contribution < 1.29 is 18.3 Å². The molecule has 10 heteroatoms. The third kappa shape index (κ3) is 4.59. The number of sulfone groups is 1. The largest absolute Gasteiger partial charge is 0.465 e. The molecule has 146 valence electrons. The zero-order valence-electron chi connectivity index (χ0n) is 14.7. The fourth-order valence-electron chi connectivity index (χ4n) is 3.13. The van der Waals surface area contributed by atoms with Crippen molar-refractivity contribution in [3.63, 3.8) is 0 Å². The van der Waals surface area contributed by atoms with Crippen molar-refractivity contribution in [2.45, 2.75) is 31.8 Å². The van der Waals surface area contributed by atoms with Gasteiger partial charge in [0.15, 0.2) is 0 Å². The lowest BCUT2D eigenvalue weighted by Crippen LogP contribution is -2.36. The summed E-state index contributed by atoms with van der Waals surface area (Å²) in [6, 6.07) is 4.28. The van der Waals surface area contributed by atoms with E-state index in [9.17, 15) is 23.1 Å². The lowest BCUT2D eigenvalue weighted by molar-refractivity contribution is 0.187. The fourth-order valence-corrected chi connectivity index (χ4v) is 4.04. The van der Waals surface area contributed by atoms with Crippen LogP contribution in [0, 0.1) is 5.92 Å². The highest BCUT2D eigenvalue weighted by atomic mass is 35.5. The Hall–Kier alpha value is -2.13. The average Bonchev–Trinajstić information content (AvgIpc) is 3.38. The van der Waals surface area contributed by atoms with Gasteiger partial charge in [-0.25, -0.2) is 18.2 Å². The number of benzene rings is 1. The Morgan fingerprint density at radius 2 is 2.15 bits per heavy atom. The Bertz CT molecular complexity index is 1050. The molecule has 1 atom stereocenters. The van der Waals surface area contributed by atoms with E-state index in [1.165, 1.54) is 4.57 Å². The standard InChI is InChI=1S/C17H20ClN3O5S/c1-27(25,26)9-3-8-21-15(14(10-6-7-10)20-17(23)24)19-12-5-2-4-11(18)13(12)16(21)22/h2,4-5,10,14,20H,3,6-9H2,1H3,(H,23,24). The van der Waals surface area contributed by atoms with Crippen molar-refractivity contribution in [3.05, 3.63) is 39.4 Å². The van der Waals surface area contributed by atoms with Crippen LogP contribution in [0.5, 0.6) is 0 Å². The molecule has 1 fully saturated rings. The zero-order chi connectivity index (χ0) is 19.8. The van der Waals surface area contributed by atoms with Gasteiger partial charge in [0.1, 0.15) is 15.7 Å². The first-order chi connectivity index (χ1) is 12.7. The number of hydrogen-bond acceptors (Lipinski definition) is 5. The van der Waals surface area contributed by atoms with Crippen molar-refractivity contribution >= 4 is 38.4 Å². The summed E-state index contributed by atoms with van der Waals surface area (Å²) in [6.45, 7) is 0.111. The van der Waals surface area contributed by atoms with Crippen LogP contribution >= 0.6 is 11.6 Å². The minimum absolute atomic E-state index is 0.0609. The van der Waals surface area contributed by atoms with Crippen molar-refractivity contribution in [1.82, 2.24) is 14.9 Å². The van der Waals surface area contributed by atoms with E-state index in [1.807, 2.05) is 0 Å². The van der Waals surface area contributed by atoms with E-state index in [4.69, 9.17) is 11.6 Å². The summed E-state index contributed by atoms with van der Waals surface area (Å²) >= 11 is 6.17. The molecule has 1 aliphatic rings. The van der Waals surface area contributed by atoms with E-state index < -0.39 is 27.5 Å². The number of rotatable bonds is 7. The Morgan fingerprint density at radius 1 is 1.44 bits per heavy atom. The maximum atomic E-state index is 13.1. The molecule has 0 radical (unpaired) electrons. The summed E-state index contributed by atoms with van der Waals surface area (Å²) in [4.78, 5) is 28.9. The number of nitrogens with zero attached hydrogens (tertiary/aromatic N) is 2. The summed E-state index contributed by atoms with van der Waals surface area (Å²) in [5.41, 5.74) is -0.00774. The molecular weight excluding hydrogens is 394 g/mol. The number of carboxylic acid groups (broad SMARTS) is 1. The number of aromatic nitrogens is 2. The second kappa shape index (κ2) is 7.47. The van der Waals surface area contributed by atoms with Gasteiger partial charge in [-0.05, 0) is 37.3 Å². The number of hydrogen-bond donors (Lipinski definition) is 2. The summed E-state index contributed by atoms with van der Waals surface area (Å²) in [6.07, 6.45) is 1.81. The SMILES string of the molecule is CS(=O)(=O)CCCn1c(C(NC(=O)O)C2CC2)nc2cccc(Cl)c2c1=O. The van der Waals surface area contributed by atoms with Gasteiger partial charge in [-0.2, -0.15) is 0 Å². The van der Waals surface area contributed by atoms with Crippen LogP contribution in [0.3, 0.4) is 0 Å². The second-order valence-corrected chi connectivity index (χ2v) is 9.48. The minimum Gasteiger partial charge on any atom is -0.465 e. The van der Waals surface area contributed by atoms with E-state index >= 15 is 0 Å². The van der Waals surface area contributed by atoms with E-state index in [2.05, 4.69) is 10.3 Å². The van der Waals surface area contributed by atoms with Gasteiger partial charge in [0.05, 0.1) is 27.7 Å². The molecule has 8 nitrogen and oxygen atoms in total. The Kier molecular flexibility index (Phi) is 5.43. The molecule has 1 unspecified atom stereocenters. The Morgan fingerprint density at radius 3 is 2.74 bits per heavy atom. The van der Waals surface area contributed by atoms with Crippen molar-refractivity contribution in [2.75, 3.05) is 12.0 Å². The van der Waals surface area contributed by atoms with Gasteiger partial charge in [-0.15, -0.1) is 0 Å². The predicted molar refractivity (Wildman–Crippen MR) is 102 cm³/mol. The topological polar surface area (TPSA) is 118 Å². The summed E-state index contributed by atoms with van der Waals surface area (Å²) in [5, 5.41) is 12.1. The predicted octanol–water partition coefficient (Wildman–Crippen LogP) is 2.20. The molecule has 1 saturated carbocycles. The van der Waals surface area contributed by atoms with Crippen molar-refractivity contribution in [1.29, 1.82) is 0 Å². The minimum atomic E-state index is -3.19. The van der Waals surface area contributed by atoms with Crippen LogP contribution in [-0.2, 0) is 16.4 Å². The summed E-state index contributed by atoms with van der Waals surface area (Å²) < 4.78 is 24.2. The third-order valence-corrected chi connectivity index (χ3v) is 5.85. The molecular formula is C17H20ClN3O5S. The number of nitrogens with one attached hydrogen (secondary N) is 1. The van der Waals surface area contributed by atoms with Crippen LogP contribution in [-0.4, -0.2) is 41.2 Å². The lowest BCUT2D eigenvalue weighted by Gasteiger charge is -2.21. The van der Waals surface area contributed by atoms with Crippen LogP contribution in [0.1, 0.15) is 31.1 Å². The van der Waals surface area contributed by atoms with Gasteiger partial charge >= 0.3 is 6.09 Å². The highest BCUT2D eigenvalue weighted by Gasteiger charge is 2.36. The van der Waals surface area contributed by atoms with Gasteiger partial charge in [0.25, 0.3) is 5.56 Å². The van der Waals surface area contributed by atoms with Crippen molar-refractivity contribution in [2.24, 2.45) is 5.92 Å². The van der Waals surface area contributed by atoms with Crippen molar-refractivity contribution in [3.8, 4) is 0 Å². The maximum Gasteiger partial charge on any atom is 0.405 e. The molecule has 0 aliphatic heterocycles. The van der Waals surface area contributed by atoms with Crippen LogP contribution in [0.15, 0.2) is 23.0 Å². The van der Waals surface area contributed by atoms with Gasteiger partial charge in [-0.3, -0.25) is 9.36 Å². The molecule has 27 heavy (non-hydrogen) atoms. The lowest BCUT2D eigenvalue weighted by atomic mass is 10.1. The van der Waals surface area contributed by atoms with Gasteiger partial charge in [-0.1, -0.05) is 17.7 Å². The molecule has 0 saturated heterocycles.